The highest BCUT2D eigenvalue weighted by atomic mass is 31.2. The zero-order valence-corrected chi connectivity index (χ0v) is 65.4. The van der Waals surface area contributed by atoms with Gasteiger partial charge in [-0.05, 0) is 116 Å². The number of phosphoric acid groups is 2. The van der Waals surface area contributed by atoms with E-state index in [1.54, 1.807) is 0 Å². The van der Waals surface area contributed by atoms with Crippen molar-refractivity contribution in [2.24, 2.45) is 0 Å². The van der Waals surface area contributed by atoms with Crippen molar-refractivity contribution in [3.05, 3.63) is 72.9 Å². The Morgan fingerprint density at radius 2 is 0.500 bits per heavy atom. The lowest BCUT2D eigenvalue weighted by molar-refractivity contribution is -0.161. The first kappa shape index (κ1) is 96.5. The molecule has 0 radical (unpaired) electrons. The monoisotopic (exact) mass is 1450 g/mol. The van der Waals surface area contributed by atoms with Crippen molar-refractivity contribution in [3.63, 3.8) is 0 Å². The lowest BCUT2D eigenvalue weighted by Crippen LogP contribution is -2.30. The summed E-state index contributed by atoms with van der Waals surface area (Å²) in [7, 11) is -9.96. The molecule has 0 heterocycles. The van der Waals surface area contributed by atoms with Gasteiger partial charge in [0.15, 0.2) is 12.2 Å². The lowest BCUT2D eigenvalue weighted by Gasteiger charge is -2.21. The molecule has 0 aromatic rings. The van der Waals surface area contributed by atoms with Crippen LogP contribution in [0, 0.1) is 0 Å². The molecule has 5 atom stereocenters. The van der Waals surface area contributed by atoms with Crippen LogP contribution < -0.4 is 0 Å². The van der Waals surface area contributed by atoms with Crippen LogP contribution in [0.25, 0.3) is 0 Å². The van der Waals surface area contributed by atoms with Gasteiger partial charge in [-0.3, -0.25) is 37.3 Å². The van der Waals surface area contributed by atoms with Crippen LogP contribution in [-0.4, -0.2) is 96.7 Å². The van der Waals surface area contributed by atoms with Gasteiger partial charge in [0.05, 0.1) is 26.4 Å². The van der Waals surface area contributed by atoms with Crippen LogP contribution in [0.1, 0.15) is 362 Å². The van der Waals surface area contributed by atoms with Crippen LogP contribution in [0.5, 0.6) is 0 Å². The summed E-state index contributed by atoms with van der Waals surface area (Å²) in [6, 6.07) is 0. The van der Waals surface area contributed by atoms with E-state index in [-0.39, 0.29) is 25.7 Å². The molecule has 0 spiro atoms. The van der Waals surface area contributed by atoms with Crippen molar-refractivity contribution in [1.82, 2.24) is 0 Å². The molecule has 0 aliphatic rings. The largest absolute Gasteiger partial charge is 0.472 e. The summed E-state index contributed by atoms with van der Waals surface area (Å²) in [6.07, 6.45) is 74.5. The summed E-state index contributed by atoms with van der Waals surface area (Å²) in [6.45, 7) is 4.81. The summed E-state index contributed by atoms with van der Waals surface area (Å²) >= 11 is 0. The van der Waals surface area contributed by atoms with Gasteiger partial charge in [0.2, 0.25) is 0 Å². The van der Waals surface area contributed by atoms with Crippen molar-refractivity contribution in [3.8, 4) is 0 Å². The molecular formula is C81H146O17P2. The second kappa shape index (κ2) is 73.8. The molecule has 0 bridgehead atoms. The molecule has 0 aromatic carbocycles. The minimum absolute atomic E-state index is 0.0213. The van der Waals surface area contributed by atoms with Gasteiger partial charge >= 0.3 is 39.5 Å². The Balaban J connectivity index is 5.38. The van der Waals surface area contributed by atoms with Crippen LogP contribution in [0.2, 0.25) is 0 Å². The molecule has 0 fully saturated rings. The van der Waals surface area contributed by atoms with Gasteiger partial charge in [-0.2, -0.15) is 0 Å². The van der Waals surface area contributed by atoms with Gasteiger partial charge in [0.25, 0.3) is 0 Å². The molecule has 0 rings (SSSR count). The van der Waals surface area contributed by atoms with Gasteiger partial charge in [-0.1, -0.05) is 293 Å². The number of carbonyl (C=O) groups is 4. The topological polar surface area (TPSA) is 237 Å². The van der Waals surface area contributed by atoms with Crippen molar-refractivity contribution in [2.75, 3.05) is 39.6 Å². The first-order chi connectivity index (χ1) is 48.7. The predicted molar refractivity (Wildman–Crippen MR) is 409 cm³/mol. The number of phosphoric ester groups is 2. The number of aliphatic hydroxyl groups excluding tert-OH is 1. The van der Waals surface area contributed by atoms with Crippen LogP contribution in [0.4, 0.5) is 0 Å². The Kier molecular flexibility index (Phi) is 71.2. The quantitative estimate of drug-likeness (QED) is 0.0169. The first-order valence-corrected chi connectivity index (χ1v) is 43.2. The molecule has 0 saturated carbocycles. The van der Waals surface area contributed by atoms with Crippen molar-refractivity contribution in [2.45, 2.75) is 380 Å². The average molecular weight is 1450 g/mol. The first-order valence-electron chi connectivity index (χ1n) is 40.2. The van der Waals surface area contributed by atoms with E-state index >= 15 is 0 Å². The van der Waals surface area contributed by atoms with E-state index < -0.39 is 97.5 Å². The molecule has 0 saturated heterocycles. The van der Waals surface area contributed by atoms with Gasteiger partial charge < -0.3 is 33.8 Å². The Hall–Kier alpha value is -3.50. The third-order valence-corrected chi connectivity index (χ3v) is 19.0. The maximum Gasteiger partial charge on any atom is 0.472 e. The van der Waals surface area contributed by atoms with Crippen molar-refractivity contribution in [1.29, 1.82) is 0 Å². The second-order valence-electron chi connectivity index (χ2n) is 27.0. The van der Waals surface area contributed by atoms with Gasteiger partial charge in [-0.15, -0.1) is 0 Å². The van der Waals surface area contributed by atoms with Gasteiger partial charge in [0.1, 0.15) is 19.3 Å². The van der Waals surface area contributed by atoms with E-state index in [2.05, 4.69) is 88.5 Å². The smallest absolute Gasteiger partial charge is 0.462 e. The number of unbranched alkanes of at least 4 members (excludes halogenated alkanes) is 38. The van der Waals surface area contributed by atoms with Crippen LogP contribution in [0.3, 0.4) is 0 Å². The molecule has 17 nitrogen and oxygen atoms in total. The third kappa shape index (κ3) is 72.8. The van der Waals surface area contributed by atoms with Crippen LogP contribution in [-0.2, 0) is 65.4 Å². The van der Waals surface area contributed by atoms with Gasteiger partial charge in [0, 0.05) is 25.7 Å². The molecule has 100 heavy (non-hydrogen) atoms. The highest BCUT2D eigenvalue weighted by molar-refractivity contribution is 7.47. The number of allylic oxidation sites excluding steroid dienone is 12. The van der Waals surface area contributed by atoms with Crippen LogP contribution in [0.15, 0.2) is 72.9 Å². The lowest BCUT2D eigenvalue weighted by atomic mass is 10.0. The number of rotatable bonds is 76. The molecule has 582 valence electrons. The highest BCUT2D eigenvalue weighted by Gasteiger charge is 2.30. The number of ether oxygens (including phenoxy) is 4. The van der Waals surface area contributed by atoms with E-state index in [0.29, 0.717) is 32.1 Å². The number of aliphatic hydroxyl groups is 1. The predicted octanol–water partition coefficient (Wildman–Crippen LogP) is 23.2. The van der Waals surface area contributed by atoms with E-state index in [1.165, 1.54) is 148 Å². The number of hydrogen-bond acceptors (Lipinski definition) is 15. The van der Waals surface area contributed by atoms with E-state index in [9.17, 15) is 43.2 Å². The van der Waals surface area contributed by atoms with E-state index in [1.807, 2.05) is 12.2 Å². The third-order valence-electron chi connectivity index (χ3n) is 17.1. The van der Waals surface area contributed by atoms with Crippen LogP contribution >= 0.6 is 15.6 Å². The SMILES string of the molecule is CCCCC/C=C\C/C=C\C/C=C\C/C=C\CCCC(=O)O[C@H](COC(=O)CCCCCCCCC/C=C\CCCCCC)COP(=O)(O)OC[C@@H](O)COP(=O)(O)OC[C@@H](COC(=O)CCCCCCCCC/C=C\CCCCCC)OC(=O)CCCCCCCCCCCCCCC. The number of hydrogen-bond donors (Lipinski definition) is 3. The molecule has 3 N–H and O–H groups in total. The fraction of sp³-hybridized carbons (Fsp3) is 0.802. The number of esters is 4. The number of carbonyl (C=O) groups excluding carboxylic acids is 4. The fourth-order valence-electron chi connectivity index (χ4n) is 11.0. The Labute approximate surface area is 609 Å². The second-order valence-corrected chi connectivity index (χ2v) is 29.9. The molecule has 0 aliphatic heterocycles. The molecule has 19 heteroatoms. The molecule has 0 aromatic heterocycles. The highest BCUT2D eigenvalue weighted by Crippen LogP contribution is 2.45. The maximum atomic E-state index is 13.1. The minimum atomic E-state index is -4.99. The summed E-state index contributed by atoms with van der Waals surface area (Å²) in [5, 5.41) is 10.6. The fourth-order valence-corrected chi connectivity index (χ4v) is 12.5. The van der Waals surface area contributed by atoms with E-state index in [0.717, 1.165) is 128 Å². The normalized spacial score (nSPS) is 14.3. The Bertz CT molecular complexity index is 2180. The zero-order chi connectivity index (χ0) is 73.2. The standard InChI is InChI=1S/C81H146O17P2/c1-5-9-13-17-21-25-29-33-36-37-40-44-48-52-56-60-64-68-81(86)98-77(72-92-79(84)66-62-58-54-50-46-43-39-35-31-27-23-19-15-11-7-3)74-96-100(89,90)94-70-75(82)69-93-99(87,88)95-73-76(97-80(85)67-63-59-55-51-47-41-32-28-24-20-16-12-8-4)71-91-78(83)65-61-57-53-49-45-42-38-34-30-26-22-18-14-10-6-2/h21,25-27,30-31,33,36,40,44,52,56,75-77,82H,5-20,22-24,28-29,32,34-35,37-39,41-43,45-51,53-55,57-74H2,1-4H3,(H,87,88)(H,89,90)/b25-21-,30-26-,31-27-,36-33-,44-40-,56-52-/t75-,76+,77+/m0/s1. The maximum absolute atomic E-state index is 13.1. The van der Waals surface area contributed by atoms with Crippen molar-refractivity contribution < 1.29 is 80.2 Å². The Morgan fingerprint density at radius 3 is 0.830 bits per heavy atom. The minimum Gasteiger partial charge on any atom is -0.462 e. The zero-order valence-electron chi connectivity index (χ0n) is 63.6. The summed E-state index contributed by atoms with van der Waals surface area (Å²) < 4.78 is 68.5. The molecule has 0 amide bonds. The molecule has 2 unspecified atom stereocenters. The summed E-state index contributed by atoms with van der Waals surface area (Å²) in [5.41, 5.74) is 0. The van der Waals surface area contributed by atoms with E-state index in [4.69, 9.17) is 37.0 Å². The average Bonchev–Trinajstić information content (AvgIpc) is 0.962. The summed E-state index contributed by atoms with van der Waals surface area (Å²) in [4.78, 5) is 72.9. The summed E-state index contributed by atoms with van der Waals surface area (Å²) in [5.74, 6) is -2.22. The van der Waals surface area contributed by atoms with Crippen molar-refractivity contribution >= 4 is 39.5 Å². The molecule has 0 aliphatic carbocycles. The molecular weight excluding hydrogens is 1310 g/mol. The van der Waals surface area contributed by atoms with Gasteiger partial charge in [-0.25, -0.2) is 9.13 Å². The Morgan fingerprint density at radius 1 is 0.280 bits per heavy atom.